The van der Waals surface area contributed by atoms with Crippen LogP contribution in [0.25, 0.3) is 11.1 Å². The number of likely N-dealkylation sites (tertiary alicyclic amines) is 1. The Morgan fingerprint density at radius 3 is 2.15 bits per heavy atom. The van der Waals surface area contributed by atoms with Crippen LogP contribution in [0.5, 0.6) is 0 Å². The molecule has 0 N–H and O–H groups in total. The lowest BCUT2D eigenvalue weighted by Gasteiger charge is -2.36. The second-order valence-electron chi connectivity index (χ2n) is 8.22. The number of ether oxygens (including phenoxy) is 1. The molecule has 142 valence electrons. The first-order chi connectivity index (χ1) is 12.7. The molecule has 2 atom stereocenters. The number of hydrogen-bond acceptors (Lipinski definition) is 3. The number of rotatable bonds is 2. The van der Waals surface area contributed by atoms with Crippen LogP contribution in [0.3, 0.4) is 0 Å². The number of amides is 2. The number of hydrogen-bond donors (Lipinski definition) is 0. The zero-order chi connectivity index (χ0) is 19.6. The number of piperidine rings is 1. The van der Waals surface area contributed by atoms with Crippen LogP contribution in [-0.4, -0.2) is 28.5 Å². The molecule has 1 aliphatic heterocycles. The van der Waals surface area contributed by atoms with E-state index in [1.165, 1.54) is 10.5 Å². The zero-order valence-corrected chi connectivity index (χ0v) is 16.4. The second kappa shape index (κ2) is 7.55. The highest BCUT2D eigenvalue weighted by Gasteiger charge is 2.38. The molecule has 1 unspecified atom stereocenters. The Kier molecular flexibility index (Phi) is 5.36. The van der Waals surface area contributed by atoms with Crippen LogP contribution >= 0.6 is 0 Å². The van der Waals surface area contributed by atoms with Crippen LogP contribution in [0.1, 0.15) is 52.0 Å². The number of benzene rings is 2. The number of carbonyl (C=O) groups excluding carboxylic acids is 2. The van der Waals surface area contributed by atoms with Gasteiger partial charge in [-0.25, -0.2) is 9.69 Å². The summed E-state index contributed by atoms with van der Waals surface area (Å²) >= 11 is 0. The van der Waals surface area contributed by atoms with Gasteiger partial charge in [-0.05, 0) is 56.7 Å². The molecule has 2 aromatic rings. The minimum Gasteiger partial charge on any atom is -0.443 e. The Morgan fingerprint density at radius 2 is 1.59 bits per heavy atom. The molecule has 1 saturated heterocycles. The van der Waals surface area contributed by atoms with Crippen LogP contribution in [0.4, 0.5) is 4.79 Å². The molecule has 4 heteroatoms. The first-order valence-corrected chi connectivity index (χ1v) is 9.45. The highest BCUT2D eigenvalue weighted by Crippen LogP contribution is 2.34. The van der Waals surface area contributed by atoms with E-state index in [2.05, 4.69) is 36.4 Å². The van der Waals surface area contributed by atoms with Crippen molar-refractivity contribution in [2.45, 2.75) is 58.1 Å². The molecule has 0 spiro atoms. The Balaban J connectivity index is 1.71. The number of imide groups is 1. The molecule has 1 heterocycles. The van der Waals surface area contributed by atoms with Gasteiger partial charge in [0, 0.05) is 12.5 Å². The van der Waals surface area contributed by atoms with Crippen molar-refractivity contribution in [2.75, 3.05) is 0 Å². The van der Waals surface area contributed by atoms with E-state index in [1.807, 2.05) is 25.1 Å². The van der Waals surface area contributed by atoms with E-state index in [-0.39, 0.29) is 17.9 Å². The van der Waals surface area contributed by atoms with Gasteiger partial charge in [0.2, 0.25) is 5.91 Å². The van der Waals surface area contributed by atoms with Gasteiger partial charge in [0.1, 0.15) is 5.60 Å². The van der Waals surface area contributed by atoms with Crippen LogP contribution in [0, 0.1) is 0 Å². The summed E-state index contributed by atoms with van der Waals surface area (Å²) in [4.78, 5) is 26.3. The van der Waals surface area contributed by atoms with Gasteiger partial charge in [-0.3, -0.25) is 4.79 Å². The summed E-state index contributed by atoms with van der Waals surface area (Å²) in [5.74, 6) is -0.0452. The molecule has 4 nitrogen and oxygen atoms in total. The molecule has 0 saturated carbocycles. The fraction of sp³-hybridized carbons (Fsp3) is 0.391. The maximum Gasteiger partial charge on any atom is 0.417 e. The predicted octanol–water partition coefficient (Wildman–Crippen LogP) is 5.38. The van der Waals surface area contributed by atoms with E-state index in [4.69, 9.17) is 4.74 Å². The quantitative estimate of drug-likeness (QED) is 0.717. The fourth-order valence-electron chi connectivity index (χ4n) is 3.58. The molecule has 1 aliphatic rings. The largest absolute Gasteiger partial charge is 0.443 e. The average molecular weight is 365 g/mol. The lowest BCUT2D eigenvalue weighted by molar-refractivity contribution is -0.135. The van der Waals surface area contributed by atoms with Crippen molar-refractivity contribution in [1.82, 2.24) is 4.90 Å². The molecule has 1 fully saturated rings. The van der Waals surface area contributed by atoms with Crippen molar-refractivity contribution >= 4 is 12.0 Å². The molecule has 0 bridgehead atoms. The highest BCUT2D eigenvalue weighted by atomic mass is 16.6. The van der Waals surface area contributed by atoms with Crippen molar-refractivity contribution in [3.05, 3.63) is 60.2 Å². The molecule has 0 aromatic heterocycles. The van der Waals surface area contributed by atoms with Crippen LogP contribution in [-0.2, 0) is 9.53 Å². The Labute approximate surface area is 161 Å². The fourth-order valence-corrected chi connectivity index (χ4v) is 3.58. The lowest BCUT2D eigenvalue weighted by Crippen LogP contribution is -2.49. The zero-order valence-electron chi connectivity index (χ0n) is 16.4. The second-order valence-corrected chi connectivity index (χ2v) is 8.22. The van der Waals surface area contributed by atoms with Crippen molar-refractivity contribution < 1.29 is 14.3 Å². The maximum atomic E-state index is 12.6. The summed E-state index contributed by atoms with van der Waals surface area (Å²) in [5, 5.41) is 0. The third-order valence-corrected chi connectivity index (χ3v) is 4.84. The molecule has 3 rings (SSSR count). The van der Waals surface area contributed by atoms with Crippen molar-refractivity contribution in [1.29, 1.82) is 0 Å². The summed E-state index contributed by atoms with van der Waals surface area (Å²) < 4.78 is 5.39. The summed E-state index contributed by atoms with van der Waals surface area (Å²) in [7, 11) is 0. The molecule has 27 heavy (non-hydrogen) atoms. The Morgan fingerprint density at radius 1 is 1.00 bits per heavy atom. The van der Waals surface area contributed by atoms with Gasteiger partial charge in [0.25, 0.3) is 0 Å². The number of carbonyl (C=O) groups is 2. The minimum absolute atomic E-state index is 0.121. The normalized spacial score (nSPS) is 20.4. The van der Waals surface area contributed by atoms with Crippen molar-refractivity contribution in [3.63, 3.8) is 0 Å². The third kappa shape index (κ3) is 4.57. The third-order valence-electron chi connectivity index (χ3n) is 4.84. The molecule has 0 radical (unpaired) electrons. The summed E-state index contributed by atoms with van der Waals surface area (Å²) in [6.45, 7) is 7.33. The van der Waals surface area contributed by atoms with Crippen LogP contribution in [0.15, 0.2) is 54.6 Å². The first kappa shape index (κ1) is 19.2. The maximum absolute atomic E-state index is 12.6. The predicted molar refractivity (Wildman–Crippen MR) is 106 cm³/mol. The van der Waals surface area contributed by atoms with Crippen molar-refractivity contribution in [2.24, 2.45) is 0 Å². The van der Waals surface area contributed by atoms with E-state index in [0.29, 0.717) is 6.42 Å². The van der Waals surface area contributed by atoms with Gasteiger partial charge >= 0.3 is 6.09 Å². The minimum atomic E-state index is -0.610. The van der Waals surface area contributed by atoms with Gasteiger partial charge < -0.3 is 4.74 Å². The van der Waals surface area contributed by atoms with E-state index in [0.717, 1.165) is 17.5 Å². The molecular formula is C23H27NO3. The van der Waals surface area contributed by atoms with E-state index in [1.54, 1.807) is 20.8 Å². The van der Waals surface area contributed by atoms with Gasteiger partial charge in [-0.2, -0.15) is 0 Å². The topological polar surface area (TPSA) is 46.6 Å². The van der Waals surface area contributed by atoms with Gasteiger partial charge in [-0.1, -0.05) is 54.6 Å². The van der Waals surface area contributed by atoms with E-state index >= 15 is 0 Å². The summed E-state index contributed by atoms with van der Waals surface area (Å²) in [6.07, 6.45) is 0.530. The summed E-state index contributed by atoms with van der Waals surface area (Å²) in [5.41, 5.74) is 2.86. The van der Waals surface area contributed by atoms with E-state index in [9.17, 15) is 9.59 Å². The van der Waals surface area contributed by atoms with E-state index < -0.39 is 11.7 Å². The van der Waals surface area contributed by atoms with Crippen LogP contribution in [0.2, 0.25) is 0 Å². The average Bonchev–Trinajstić information content (AvgIpc) is 2.60. The number of nitrogens with zero attached hydrogens (tertiary/aromatic N) is 1. The highest BCUT2D eigenvalue weighted by molar-refractivity contribution is 5.93. The SMILES string of the molecule is C[C@H]1CC(c2ccc(-c3ccccc3)cc2)CC(=O)N1C(=O)OC(C)(C)C. The van der Waals surface area contributed by atoms with Crippen LogP contribution < -0.4 is 0 Å². The summed E-state index contributed by atoms with van der Waals surface area (Å²) in [6, 6.07) is 18.4. The smallest absolute Gasteiger partial charge is 0.417 e. The Hall–Kier alpha value is -2.62. The Bertz CT molecular complexity index is 806. The molecule has 2 amide bonds. The molecule has 2 aromatic carbocycles. The lowest BCUT2D eigenvalue weighted by atomic mass is 9.85. The van der Waals surface area contributed by atoms with Gasteiger partial charge in [0.15, 0.2) is 0 Å². The van der Waals surface area contributed by atoms with Crippen molar-refractivity contribution in [3.8, 4) is 11.1 Å². The monoisotopic (exact) mass is 365 g/mol. The van der Waals surface area contributed by atoms with Gasteiger partial charge in [-0.15, -0.1) is 0 Å². The standard InChI is InChI=1S/C23H27NO3/c1-16-14-20(15-21(25)24(16)22(26)27-23(2,3)4)19-12-10-18(11-13-19)17-8-6-5-7-9-17/h5-13,16,20H,14-15H2,1-4H3/t16-,20?/m0/s1. The molecular weight excluding hydrogens is 338 g/mol. The molecule has 0 aliphatic carbocycles. The first-order valence-electron chi connectivity index (χ1n) is 9.45. The van der Waals surface area contributed by atoms with Gasteiger partial charge in [0.05, 0.1) is 0 Å².